The summed E-state index contributed by atoms with van der Waals surface area (Å²) < 4.78 is 5.41. The Labute approximate surface area is 153 Å². The molecule has 1 fully saturated rings. The molecule has 0 bridgehead atoms. The van der Waals surface area contributed by atoms with Crippen molar-refractivity contribution in [2.75, 3.05) is 19.8 Å². The minimum Gasteiger partial charge on any atom is -0.378 e. The molecule has 0 saturated carbocycles. The predicted molar refractivity (Wildman–Crippen MR) is 101 cm³/mol. The number of rotatable bonds is 5. The Morgan fingerprint density at radius 1 is 1.28 bits per heavy atom. The van der Waals surface area contributed by atoms with E-state index < -0.39 is 0 Å². The number of benzene rings is 2. The van der Waals surface area contributed by atoms with Crippen LogP contribution in [0, 0.1) is 0 Å². The summed E-state index contributed by atoms with van der Waals surface area (Å²) in [5.74, 6) is 0.0291. The normalized spacial score (nSPS) is 18.6. The fourth-order valence-corrected chi connectivity index (χ4v) is 3.25. The molecule has 5 heteroatoms. The van der Waals surface area contributed by atoms with Crippen molar-refractivity contribution in [1.82, 2.24) is 10.6 Å². The minimum atomic E-state index is -0.0797. The average molecular weight is 359 g/mol. The molecule has 2 unspecified atom stereocenters. The van der Waals surface area contributed by atoms with Crippen LogP contribution in [0.15, 0.2) is 48.5 Å². The molecule has 2 aromatic rings. The van der Waals surface area contributed by atoms with E-state index in [0.717, 1.165) is 23.2 Å². The molecule has 1 aliphatic heterocycles. The van der Waals surface area contributed by atoms with Crippen LogP contribution in [0.1, 0.15) is 24.9 Å². The molecular weight excluding hydrogens is 336 g/mol. The van der Waals surface area contributed by atoms with Crippen molar-refractivity contribution < 1.29 is 9.53 Å². The number of carbonyl (C=O) groups is 1. The Kier molecular flexibility index (Phi) is 6.08. The van der Waals surface area contributed by atoms with Crippen LogP contribution >= 0.6 is 11.6 Å². The zero-order valence-electron chi connectivity index (χ0n) is 14.3. The van der Waals surface area contributed by atoms with Crippen molar-refractivity contribution in [3.05, 3.63) is 59.1 Å². The van der Waals surface area contributed by atoms with Crippen molar-refractivity contribution in [1.29, 1.82) is 0 Å². The molecule has 25 heavy (non-hydrogen) atoms. The SMILES string of the molecule is CC(NC(=O)CC1COCCN1)c1ccccc1-c1ccc(Cl)cc1. The molecule has 2 atom stereocenters. The lowest BCUT2D eigenvalue weighted by molar-refractivity contribution is -0.122. The smallest absolute Gasteiger partial charge is 0.222 e. The van der Waals surface area contributed by atoms with E-state index in [-0.39, 0.29) is 18.0 Å². The molecule has 132 valence electrons. The second kappa shape index (κ2) is 8.48. The summed E-state index contributed by atoms with van der Waals surface area (Å²) in [6.07, 6.45) is 0.424. The number of amides is 1. The monoisotopic (exact) mass is 358 g/mol. The summed E-state index contributed by atoms with van der Waals surface area (Å²) in [6.45, 7) is 4.11. The number of halogens is 1. The van der Waals surface area contributed by atoms with Crippen LogP contribution in [0.3, 0.4) is 0 Å². The third kappa shape index (κ3) is 4.82. The quantitative estimate of drug-likeness (QED) is 0.859. The first-order valence-electron chi connectivity index (χ1n) is 8.59. The summed E-state index contributed by atoms with van der Waals surface area (Å²) in [7, 11) is 0. The molecule has 0 radical (unpaired) electrons. The standard InChI is InChI=1S/C20H23ClN2O2/c1-14(23-20(24)12-17-13-25-11-10-22-17)18-4-2-3-5-19(18)15-6-8-16(21)9-7-15/h2-9,14,17,22H,10-13H2,1H3,(H,23,24). The highest BCUT2D eigenvalue weighted by molar-refractivity contribution is 6.30. The number of morpholine rings is 1. The van der Waals surface area contributed by atoms with Gasteiger partial charge in [0.2, 0.25) is 5.91 Å². The van der Waals surface area contributed by atoms with E-state index in [1.54, 1.807) is 0 Å². The van der Waals surface area contributed by atoms with Crippen molar-refractivity contribution in [3.63, 3.8) is 0 Å². The van der Waals surface area contributed by atoms with Crippen LogP contribution in [-0.2, 0) is 9.53 Å². The van der Waals surface area contributed by atoms with Gasteiger partial charge >= 0.3 is 0 Å². The van der Waals surface area contributed by atoms with E-state index in [4.69, 9.17) is 16.3 Å². The van der Waals surface area contributed by atoms with Gasteiger partial charge < -0.3 is 15.4 Å². The molecule has 4 nitrogen and oxygen atoms in total. The lowest BCUT2D eigenvalue weighted by Crippen LogP contribution is -2.44. The molecule has 0 aromatic heterocycles. The van der Waals surface area contributed by atoms with Gasteiger partial charge in [0.1, 0.15) is 0 Å². The minimum absolute atomic E-state index is 0.0291. The van der Waals surface area contributed by atoms with Crippen LogP contribution in [0.25, 0.3) is 11.1 Å². The van der Waals surface area contributed by atoms with E-state index in [9.17, 15) is 4.79 Å². The van der Waals surface area contributed by atoms with E-state index in [2.05, 4.69) is 22.8 Å². The zero-order valence-corrected chi connectivity index (χ0v) is 15.1. The largest absolute Gasteiger partial charge is 0.378 e. The topological polar surface area (TPSA) is 50.4 Å². The molecule has 1 saturated heterocycles. The van der Waals surface area contributed by atoms with E-state index in [0.29, 0.717) is 24.7 Å². The lowest BCUT2D eigenvalue weighted by Gasteiger charge is -2.24. The number of carbonyl (C=O) groups excluding carboxylic acids is 1. The molecule has 0 spiro atoms. The van der Waals surface area contributed by atoms with Gasteiger partial charge in [0, 0.05) is 24.0 Å². The maximum Gasteiger partial charge on any atom is 0.222 e. The van der Waals surface area contributed by atoms with Gasteiger partial charge in [0.15, 0.2) is 0 Å². The summed E-state index contributed by atoms with van der Waals surface area (Å²) in [4.78, 5) is 12.4. The average Bonchev–Trinajstić information content (AvgIpc) is 2.63. The lowest BCUT2D eigenvalue weighted by atomic mass is 9.95. The van der Waals surface area contributed by atoms with E-state index >= 15 is 0 Å². The number of hydrogen-bond donors (Lipinski definition) is 2. The summed E-state index contributed by atoms with van der Waals surface area (Å²) in [6, 6.07) is 15.9. The molecule has 2 aromatic carbocycles. The third-order valence-electron chi connectivity index (χ3n) is 4.39. The Morgan fingerprint density at radius 2 is 2.04 bits per heavy atom. The Hall–Kier alpha value is -1.88. The fraction of sp³-hybridized carbons (Fsp3) is 0.350. The van der Waals surface area contributed by atoms with Gasteiger partial charge in [-0.05, 0) is 35.7 Å². The molecule has 1 amide bonds. The molecule has 2 N–H and O–H groups in total. The van der Waals surface area contributed by atoms with E-state index in [1.807, 2.05) is 43.3 Å². The molecule has 1 heterocycles. The van der Waals surface area contributed by atoms with Crippen LogP contribution in [0.2, 0.25) is 5.02 Å². The summed E-state index contributed by atoms with van der Waals surface area (Å²) >= 11 is 5.99. The Bertz CT molecular complexity index is 712. The zero-order chi connectivity index (χ0) is 17.6. The van der Waals surface area contributed by atoms with Gasteiger partial charge in [-0.25, -0.2) is 0 Å². The van der Waals surface area contributed by atoms with Crippen LogP contribution < -0.4 is 10.6 Å². The number of nitrogens with one attached hydrogen (secondary N) is 2. The highest BCUT2D eigenvalue weighted by Crippen LogP contribution is 2.29. The number of hydrogen-bond acceptors (Lipinski definition) is 3. The second-order valence-corrected chi connectivity index (χ2v) is 6.75. The molecular formula is C20H23ClN2O2. The third-order valence-corrected chi connectivity index (χ3v) is 4.64. The maximum absolute atomic E-state index is 12.4. The van der Waals surface area contributed by atoms with Crippen molar-refractivity contribution >= 4 is 17.5 Å². The van der Waals surface area contributed by atoms with Crippen molar-refractivity contribution in [3.8, 4) is 11.1 Å². The van der Waals surface area contributed by atoms with Gasteiger partial charge in [-0.3, -0.25) is 4.79 Å². The van der Waals surface area contributed by atoms with E-state index in [1.165, 1.54) is 0 Å². The van der Waals surface area contributed by atoms with Gasteiger partial charge in [-0.15, -0.1) is 0 Å². The van der Waals surface area contributed by atoms with Crippen LogP contribution in [0.4, 0.5) is 0 Å². The maximum atomic E-state index is 12.4. The summed E-state index contributed by atoms with van der Waals surface area (Å²) in [5, 5.41) is 7.12. The van der Waals surface area contributed by atoms with Crippen LogP contribution in [0.5, 0.6) is 0 Å². The van der Waals surface area contributed by atoms with Gasteiger partial charge in [0.05, 0.1) is 19.3 Å². The Balaban J connectivity index is 1.70. The first-order valence-corrected chi connectivity index (χ1v) is 8.96. The predicted octanol–water partition coefficient (Wildman–Crippen LogP) is 3.56. The van der Waals surface area contributed by atoms with Crippen molar-refractivity contribution in [2.45, 2.75) is 25.4 Å². The second-order valence-electron chi connectivity index (χ2n) is 6.31. The van der Waals surface area contributed by atoms with Gasteiger partial charge in [0.25, 0.3) is 0 Å². The number of ether oxygens (including phenoxy) is 1. The highest BCUT2D eigenvalue weighted by Gasteiger charge is 2.19. The Morgan fingerprint density at radius 3 is 2.76 bits per heavy atom. The first-order chi connectivity index (χ1) is 12.1. The molecule has 0 aliphatic carbocycles. The van der Waals surface area contributed by atoms with Crippen LogP contribution in [-0.4, -0.2) is 31.7 Å². The molecule has 3 rings (SSSR count). The molecule has 1 aliphatic rings. The first kappa shape index (κ1) is 17.9. The fourth-order valence-electron chi connectivity index (χ4n) is 3.12. The van der Waals surface area contributed by atoms with Crippen molar-refractivity contribution in [2.24, 2.45) is 0 Å². The summed E-state index contributed by atoms with van der Waals surface area (Å²) in [5.41, 5.74) is 3.28. The van der Waals surface area contributed by atoms with Gasteiger partial charge in [-0.1, -0.05) is 48.0 Å². The highest BCUT2D eigenvalue weighted by atomic mass is 35.5. The van der Waals surface area contributed by atoms with Gasteiger partial charge in [-0.2, -0.15) is 0 Å².